The molecule has 4 nitrogen and oxygen atoms in total. The molecular formula is C16H21N3O. The van der Waals surface area contributed by atoms with Gasteiger partial charge in [-0.3, -0.25) is 4.79 Å². The molecule has 1 N–H and O–H groups in total. The Bertz CT molecular complexity index is 628. The molecule has 0 aliphatic carbocycles. The van der Waals surface area contributed by atoms with Gasteiger partial charge in [0.05, 0.1) is 17.9 Å². The average molecular weight is 271 g/mol. The number of nitrogens with one attached hydrogen (secondary N) is 1. The molecule has 0 saturated heterocycles. The van der Waals surface area contributed by atoms with E-state index in [-0.39, 0.29) is 11.8 Å². The van der Waals surface area contributed by atoms with Gasteiger partial charge in [-0.15, -0.1) is 0 Å². The zero-order chi connectivity index (χ0) is 14.1. The summed E-state index contributed by atoms with van der Waals surface area (Å²) in [6.45, 7) is 4.96. The van der Waals surface area contributed by atoms with E-state index in [1.165, 1.54) is 5.69 Å². The highest BCUT2D eigenvalue weighted by Crippen LogP contribution is 2.36. The summed E-state index contributed by atoms with van der Waals surface area (Å²) in [5.74, 6) is 0.933. The van der Waals surface area contributed by atoms with E-state index < -0.39 is 0 Å². The van der Waals surface area contributed by atoms with Gasteiger partial charge in [0.15, 0.2) is 0 Å². The van der Waals surface area contributed by atoms with Crippen LogP contribution in [0.15, 0.2) is 24.4 Å². The molecule has 2 aromatic heterocycles. The van der Waals surface area contributed by atoms with Gasteiger partial charge in [-0.05, 0) is 18.1 Å². The number of hydrogen-bond acceptors (Lipinski definition) is 2. The Balaban J connectivity index is 2.17. The number of fused-ring (bicyclic) bond motifs is 3. The van der Waals surface area contributed by atoms with Crippen LogP contribution >= 0.6 is 0 Å². The van der Waals surface area contributed by atoms with Crippen LogP contribution in [0.1, 0.15) is 50.4 Å². The molecule has 4 heteroatoms. The molecule has 1 aliphatic rings. The van der Waals surface area contributed by atoms with Crippen molar-refractivity contribution in [1.82, 2.24) is 14.7 Å². The largest absolute Gasteiger partial charge is 0.350 e. The monoisotopic (exact) mass is 271 g/mol. The first kappa shape index (κ1) is 13.2. The van der Waals surface area contributed by atoms with Crippen molar-refractivity contribution in [2.24, 2.45) is 5.92 Å². The molecule has 0 spiro atoms. The van der Waals surface area contributed by atoms with Crippen molar-refractivity contribution in [2.45, 2.75) is 45.6 Å². The zero-order valence-electron chi connectivity index (χ0n) is 12.1. The van der Waals surface area contributed by atoms with Crippen LogP contribution in [-0.4, -0.2) is 15.3 Å². The van der Waals surface area contributed by atoms with E-state index in [2.05, 4.69) is 29.8 Å². The van der Waals surface area contributed by atoms with Crippen LogP contribution in [0.25, 0.3) is 5.65 Å². The lowest BCUT2D eigenvalue weighted by atomic mass is 9.82. The van der Waals surface area contributed by atoms with Crippen molar-refractivity contribution in [2.75, 3.05) is 0 Å². The first-order valence-electron chi connectivity index (χ1n) is 7.47. The topological polar surface area (TPSA) is 46.4 Å². The molecule has 0 bridgehead atoms. The van der Waals surface area contributed by atoms with E-state index >= 15 is 0 Å². The molecule has 3 heterocycles. The Morgan fingerprint density at radius 1 is 1.40 bits per heavy atom. The lowest BCUT2D eigenvalue weighted by Gasteiger charge is -2.23. The van der Waals surface area contributed by atoms with Crippen LogP contribution in [0, 0.1) is 5.92 Å². The average Bonchev–Trinajstić information content (AvgIpc) is 2.75. The molecule has 1 aliphatic heterocycles. The number of carbonyl (C=O) groups is 1. The molecule has 3 rings (SSSR count). The van der Waals surface area contributed by atoms with Crippen molar-refractivity contribution < 1.29 is 4.79 Å². The van der Waals surface area contributed by atoms with Crippen molar-refractivity contribution >= 4 is 11.6 Å². The molecule has 0 radical (unpaired) electrons. The third-order valence-electron chi connectivity index (χ3n) is 4.47. The molecule has 106 valence electrons. The number of amides is 1. The molecule has 0 fully saturated rings. The number of rotatable bonds is 3. The van der Waals surface area contributed by atoms with Crippen LogP contribution in [0.2, 0.25) is 0 Å². The van der Waals surface area contributed by atoms with Crippen LogP contribution in [-0.2, 0) is 11.3 Å². The molecular weight excluding hydrogens is 250 g/mol. The summed E-state index contributed by atoms with van der Waals surface area (Å²) in [6, 6.07) is 6.06. The van der Waals surface area contributed by atoms with Crippen molar-refractivity contribution in [1.29, 1.82) is 0 Å². The maximum Gasteiger partial charge on any atom is 0.221 e. The third-order valence-corrected chi connectivity index (χ3v) is 4.47. The highest BCUT2D eigenvalue weighted by atomic mass is 16.1. The number of carbonyl (C=O) groups excluding carboxylic acids is 1. The summed E-state index contributed by atoms with van der Waals surface area (Å²) >= 11 is 0. The van der Waals surface area contributed by atoms with Gasteiger partial charge in [-0.2, -0.15) is 0 Å². The Morgan fingerprint density at radius 3 is 2.95 bits per heavy atom. The predicted molar refractivity (Wildman–Crippen MR) is 78.5 cm³/mol. The van der Waals surface area contributed by atoms with Gasteiger partial charge >= 0.3 is 0 Å². The van der Waals surface area contributed by atoms with Crippen LogP contribution in [0.3, 0.4) is 0 Å². The van der Waals surface area contributed by atoms with E-state index in [4.69, 9.17) is 4.98 Å². The van der Waals surface area contributed by atoms with Gasteiger partial charge in [0.1, 0.15) is 5.65 Å². The Labute approximate surface area is 119 Å². The molecule has 20 heavy (non-hydrogen) atoms. The van der Waals surface area contributed by atoms with Gasteiger partial charge in [-0.1, -0.05) is 32.8 Å². The Hall–Kier alpha value is -1.84. The van der Waals surface area contributed by atoms with E-state index in [0.29, 0.717) is 18.9 Å². The Kier molecular flexibility index (Phi) is 3.47. The minimum Gasteiger partial charge on any atom is -0.350 e. The van der Waals surface area contributed by atoms with Crippen LogP contribution < -0.4 is 5.32 Å². The summed E-state index contributed by atoms with van der Waals surface area (Å²) < 4.78 is 2.17. The van der Waals surface area contributed by atoms with Gasteiger partial charge in [0.25, 0.3) is 0 Å². The van der Waals surface area contributed by atoms with Gasteiger partial charge in [0, 0.05) is 18.5 Å². The third kappa shape index (κ3) is 2.09. The summed E-state index contributed by atoms with van der Waals surface area (Å²) in [5.41, 5.74) is 3.23. The minimum absolute atomic E-state index is 0.143. The van der Waals surface area contributed by atoms with Crippen molar-refractivity contribution in [3.05, 3.63) is 35.8 Å². The fraction of sp³-hybridized carbons (Fsp3) is 0.500. The van der Waals surface area contributed by atoms with Crippen LogP contribution in [0.5, 0.6) is 0 Å². The standard InChI is InChI=1S/C16H21N3O/c1-3-11(4-2)12-9-15(20)17-10-13-16(12)19-8-6-5-7-14(19)18-13/h5-8,11-12H,3-4,9-10H2,1-2H3,(H,17,20)/t12-/m1/s1. The number of pyridine rings is 1. The van der Waals surface area contributed by atoms with Crippen molar-refractivity contribution in [3.8, 4) is 0 Å². The summed E-state index contributed by atoms with van der Waals surface area (Å²) in [6.07, 6.45) is 4.82. The number of nitrogens with zero attached hydrogens (tertiary/aromatic N) is 2. The second-order valence-corrected chi connectivity index (χ2v) is 5.54. The van der Waals surface area contributed by atoms with E-state index in [1.807, 2.05) is 18.2 Å². The molecule has 0 unspecified atom stereocenters. The van der Waals surface area contributed by atoms with Gasteiger partial charge < -0.3 is 9.72 Å². The highest BCUT2D eigenvalue weighted by molar-refractivity contribution is 5.77. The maximum absolute atomic E-state index is 12.0. The SMILES string of the molecule is CCC(CC)[C@H]1CC(=O)NCc2nc3ccccn3c21. The maximum atomic E-state index is 12.0. The van der Waals surface area contributed by atoms with Crippen LogP contribution in [0.4, 0.5) is 0 Å². The molecule has 0 aromatic carbocycles. The fourth-order valence-corrected chi connectivity index (χ4v) is 3.38. The smallest absolute Gasteiger partial charge is 0.221 e. The van der Waals surface area contributed by atoms with Crippen molar-refractivity contribution in [3.63, 3.8) is 0 Å². The fourth-order valence-electron chi connectivity index (χ4n) is 3.38. The Morgan fingerprint density at radius 2 is 2.20 bits per heavy atom. The first-order valence-corrected chi connectivity index (χ1v) is 7.47. The zero-order valence-corrected chi connectivity index (χ0v) is 12.1. The number of imidazole rings is 1. The summed E-state index contributed by atoms with van der Waals surface area (Å²) in [5, 5.41) is 2.98. The highest BCUT2D eigenvalue weighted by Gasteiger charge is 2.31. The summed E-state index contributed by atoms with van der Waals surface area (Å²) in [7, 11) is 0. The molecule has 2 aromatic rings. The second kappa shape index (κ2) is 5.27. The van der Waals surface area contributed by atoms with Gasteiger partial charge in [0.2, 0.25) is 5.91 Å². The lowest BCUT2D eigenvalue weighted by molar-refractivity contribution is -0.121. The number of hydrogen-bond donors (Lipinski definition) is 1. The molecule has 1 atom stereocenters. The predicted octanol–water partition coefficient (Wildman–Crippen LogP) is 2.87. The second-order valence-electron chi connectivity index (χ2n) is 5.54. The molecule has 1 amide bonds. The van der Waals surface area contributed by atoms with E-state index in [1.54, 1.807) is 0 Å². The minimum atomic E-state index is 0.143. The normalized spacial score (nSPS) is 18.9. The molecule has 0 saturated carbocycles. The van der Waals surface area contributed by atoms with E-state index in [9.17, 15) is 4.79 Å². The van der Waals surface area contributed by atoms with Gasteiger partial charge in [-0.25, -0.2) is 4.98 Å². The quantitative estimate of drug-likeness (QED) is 0.933. The lowest BCUT2D eigenvalue weighted by Crippen LogP contribution is -2.23. The summed E-state index contributed by atoms with van der Waals surface area (Å²) in [4.78, 5) is 16.7. The number of aromatic nitrogens is 2. The van der Waals surface area contributed by atoms with E-state index in [0.717, 1.165) is 24.2 Å². The first-order chi connectivity index (χ1) is 9.74.